The zero-order chi connectivity index (χ0) is 12.2. The van der Waals surface area contributed by atoms with E-state index in [1.54, 1.807) is 13.2 Å². The Morgan fingerprint density at radius 3 is 2.69 bits per heavy atom. The third-order valence-corrected chi connectivity index (χ3v) is 2.27. The highest BCUT2D eigenvalue weighted by molar-refractivity contribution is 5.44. The predicted octanol–water partition coefficient (Wildman–Crippen LogP) is 2.06. The van der Waals surface area contributed by atoms with E-state index in [-0.39, 0.29) is 11.5 Å². The number of nitrogens with zero attached hydrogens (tertiary/aromatic N) is 2. The van der Waals surface area contributed by atoms with Gasteiger partial charge in [-0.15, -0.1) is 0 Å². The number of hydrogen-bond donors (Lipinski definition) is 2. The fourth-order valence-corrected chi connectivity index (χ4v) is 1.65. The largest absolute Gasteiger partial charge is 0.481 e. The molecule has 1 aromatic heterocycles. The highest BCUT2D eigenvalue weighted by Gasteiger charge is 2.17. The summed E-state index contributed by atoms with van der Waals surface area (Å²) in [5, 5.41) is 3.32. The molecule has 90 valence electrons. The van der Waals surface area contributed by atoms with Crippen molar-refractivity contribution in [2.45, 2.75) is 39.2 Å². The first-order valence-electron chi connectivity index (χ1n) is 5.43. The second-order valence-electron chi connectivity index (χ2n) is 4.41. The molecule has 0 bridgehead atoms. The van der Waals surface area contributed by atoms with E-state index in [1.807, 2.05) is 0 Å². The van der Waals surface area contributed by atoms with Gasteiger partial charge in [0.25, 0.3) is 0 Å². The molecular weight excluding hydrogens is 204 g/mol. The zero-order valence-corrected chi connectivity index (χ0v) is 10.4. The summed E-state index contributed by atoms with van der Waals surface area (Å²) in [5.41, 5.74) is 5.57. The average Bonchev–Trinajstić information content (AvgIpc) is 2.15. The number of rotatable bonds is 5. The SMILES string of the molecule is CCCC(C)(C)Nc1cc(OC)nc(N)n1. The summed E-state index contributed by atoms with van der Waals surface area (Å²) in [6.07, 6.45) is 2.16. The summed E-state index contributed by atoms with van der Waals surface area (Å²) >= 11 is 0. The van der Waals surface area contributed by atoms with E-state index in [0.29, 0.717) is 11.7 Å². The Kier molecular flexibility index (Phi) is 3.93. The Balaban J connectivity index is 2.84. The minimum Gasteiger partial charge on any atom is -0.481 e. The first kappa shape index (κ1) is 12.5. The molecule has 0 aliphatic heterocycles. The molecule has 0 amide bonds. The topological polar surface area (TPSA) is 73.1 Å². The van der Waals surface area contributed by atoms with E-state index in [4.69, 9.17) is 10.5 Å². The Bertz CT molecular complexity index is 352. The van der Waals surface area contributed by atoms with Gasteiger partial charge in [-0.05, 0) is 20.3 Å². The summed E-state index contributed by atoms with van der Waals surface area (Å²) in [6, 6.07) is 1.74. The van der Waals surface area contributed by atoms with Crippen LogP contribution in [0.25, 0.3) is 0 Å². The van der Waals surface area contributed by atoms with Crippen molar-refractivity contribution in [2.24, 2.45) is 0 Å². The molecule has 5 nitrogen and oxygen atoms in total. The molecule has 5 heteroatoms. The van der Waals surface area contributed by atoms with Crippen molar-refractivity contribution >= 4 is 11.8 Å². The first-order valence-corrected chi connectivity index (χ1v) is 5.43. The second kappa shape index (κ2) is 5.01. The number of anilines is 2. The van der Waals surface area contributed by atoms with E-state index in [9.17, 15) is 0 Å². The lowest BCUT2D eigenvalue weighted by Gasteiger charge is -2.26. The highest BCUT2D eigenvalue weighted by Crippen LogP contribution is 2.21. The lowest BCUT2D eigenvalue weighted by Crippen LogP contribution is -2.31. The van der Waals surface area contributed by atoms with Crippen LogP contribution in [0, 0.1) is 0 Å². The number of nitrogens with two attached hydrogens (primary N) is 1. The fraction of sp³-hybridized carbons (Fsp3) is 0.636. The van der Waals surface area contributed by atoms with Gasteiger partial charge < -0.3 is 15.8 Å². The average molecular weight is 224 g/mol. The summed E-state index contributed by atoms with van der Waals surface area (Å²) in [6.45, 7) is 6.40. The van der Waals surface area contributed by atoms with Crippen LogP contribution in [0.1, 0.15) is 33.6 Å². The van der Waals surface area contributed by atoms with Gasteiger partial charge in [0.05, 0.1) is 7.11 Å². The normalized spacial score (nSPS) is 11.2. The van der Waals surface area contributed by atoms with Gasteiger partial charge in [-0.3, -0.25) is 0 Å². The molecule has 0 saturated carbocycles. The van der Waals surface area contributed by atoms with Gasteiger partial charge in [0.1, 0.15) is 5.82 Å². The minimum absolute atomic E-state index is 0.0133. The number of ether oxygens (including phenoxy) is 1. The van der Waals surface area contributed by atoms with Crippen molar-refractivity contribution < 1.29 is 4.74 Å². The molecule has 1 heterocycles. The summed E-state index contributed by atoms with van der Waals surface area (Å²) in [4.78, 5) is 8.06. The number of methoxy groups -OCH3 is 1. The number of hydrogen-bond acceptors (Lipinski definition) is 5. The molecule has 0 saturated heterocycles. The molecule has 1 aromatic rings. The monoisotopic (exact) mass is 224 g/mol. The molecule has 0 aliphatic carbocycles. The van der Waals surface area contributed by atoms with Crippen LogP contribution >= 0.6 is 0 Å². The first-order chi connectivity index (χ1) is 7.46. The van der Waals surface area contributed by atoms with Crippen molar-refractivity contribution in [1.29, 1.82) is 0 Å². The Hall–Kier alpha value is -1.52. The molecule has 1 rings (SSSR count). The number of nitrogen functional groups attached to an aromatic ring is 1. The third kappa shape index (κ3) is 3.56. The zero-order valence-electron chi connectivity index (χ0n) is 10.4. The van der Waals surface area contributed by atoms with Crippen LogP contribution < -0.4 is 15.8 Å². The molecule has 0 fully saturated rings. The smallest absolute Gasteiger partial charge is 0.225 e. The summed E-state index contributed by atoms with van der Waals surface area (Å²) in [5.74, 6) is 1.39. The van der Waals surface area contributed by atoms with Crippen LogP contribution in [0.2, 0.25) is 0 Å². The molecule has 0 atom stereocenters. The van der Waals surface area contributed by atoms with Crippen LogP contribution in [-0.2, 0) is 0 Å². The summed E-state index contributed by atoms with van der Waals surface area (Å²) < 4.78 is 5.04. The van der Waals surface area contributed by atoms with Crippen molar-refractivity contribution in [3.63, 3.8) is 0 Å². The fourth-order valence-electron chi connectivity index (χ4n) is 1.65. The van der Waals surface area contributed by atoms with Gasteiger partial charge in [-0.2, -0.15) is 9.97 Å². The Morgan fingerprint density at radius 2 is 2.12 bits per heavy atom. The number of nitrogens with one attached hydrogen (secondary N) is 1. The second-order valence-corrected chi connectivity index (χ2v) is 4.41. The quantitative estimate of drug-likeness (QED) is 0.800. The standard InChI is InChI=1S/C11H20N4O/c1-5-6-11(2,3)15-8-7-9(16-4)14-10(12)13-8/h7H,5-6H2,1-4H3,(H3,12,13,14,15). The van der Waals surface area contributed by atoms with Gasteiger partial charge in [-0.25, -0.2) is 0 Å². The van der Waals surface area contributed by atoms with Gasteiger partial charge in [0, 0.05) is 11.6 Å². The highest BCUT2D eigenvalue weighted by atomic mass is 16.5. The molecule has 0 radical (unpaired) electrons. The molecule has 3 N–H and O–H groups in total. The maximum atomic E-state index is 5.59. The van der Waals surface area contributed by atoms with E-state index in [0.717, 1.165) is 12.8 Å². The van der Waals surface area contributed by atoms with Crippen LogP contribution in [0.15, 0.2) is 6.07 Å². The van der Waals surface area contributed by atoms with E-state index >= 15 is 0 Å². The van der Waals surface area contributed by atoms with Crippen molar-refractivity contribution in [3.8, 4) is 5.88 Å². The van der Waals surface area contributed by atoms with E-state index in [1.165, 1.54) is 0 Å². The molecule has 0 spiro atoms. The lowest BCUT2D eigenvalue weighted by molar-refractivity contribution is 0.397. The van der Waals surface area contributed by atoms with Crippen LogP contribution in [0.3, 0.4) is 0 Å². The molecule has 16 heavy (non-hydrogen) atoms. The Labute approximate surface area is 96.4 Å². The minimum atomic E-state index is -0.0133. The molecule has 0 aromatic carbocycles. The predicted molar refractivity (Wildman–Crippen MR) is 65.6 cm³/mol. The Morgan fingerprint density at radius 1 is 1.44 bits per heavy atom. The van der Waals surface area contributed by atoms with E-state index < -0.39 is 0 Å². The van der Waals surface area contributed by atoms with Gasteiger partial charge >= 0.3 is 0 Å². The molecule has 0 unspecified atom stereocenters. The maximum Gasteiger partial charge on any atom is 0.225 e. The van der Waals surface area contributed by atoms with E-state index in [2.05, 4.69) is 36.1 Å². The number of aromatic nitrogens is 2. The lowest BCUT2D eigenvalue weighted by atomic mass is 9.99. The van der Waals surface area contributed by atoms with Crippen LogP contribution in [0.5, 0.6) is 5.88 Å². The van der Waals surface area contributed by atoms with Crippen molar-refractivity contribution in [3.05, 3.63) is 6.07 Å². The van der Waals surface area contributed by atoms with Gasteiger partial charge in [0.2, 0.25) is 11.8 Å². The van der Waals surface area contributed by atoms with Crippen LogP contribution in [0.4, 0.5) is 11.8 Å². The van der Waals surface area contributed by atoms with Crippen molar-refractivity contribution in [2.75, 3.05) is 18.2 Å². The summed E-state index contributed by atoms with van der Waals surface area (Å²) in [7, 11) is 1.56. The molecule has 0 aliphatic rings. The van der Waals surface area contributed by atoms with Crippen molar-refractivity contribution in [1.82, 2.24) is 9.97 Å². The maximum absolute atomic E-state index is 5.59. The van der Waals surface area contributed by atoms with Gasteiger partial charge in [-0.1, -0.05) is 13.3 Å². The van der Waals surface area contributed by atoms with Gasteiger partial charge in [0.15, 0.2) is 0 Å². The molecular formula is C11H20N4O. The van der Waals surface area contributed by atoms with Crippen LogP contribution in [-0.4, -0.2) is 22.6 Å². The third-order valence-electron chi connectivity index (χ3n) is 2.27.